The molecule has 0 aliphatic carbocycles. The molecule has 0 aromatic heterocycles. The van der Waals surface area contributed by atoms with E-state index in [4.69, 9.17) is 15.2 Å². The van der Waals surface area contributed by atoms with Crippen LogP contribution in [0.2, 0.25) is 0 Å². The van der Waals surface area contributed by atoms with Crippen LogP contribution in [-0.2, 0) is 4.74 Å². The first kappa shape index (κ1) is 14.2. The van der Waals surface area contributed by atoms with Crippen molar-refractivity contribution in [2.45, 2.75) is 12.8 Å². The molecule has 0 bridgehead atoms. The van der Waals surface area contributed by atoms with E-state index in [1.54, 1.807) is 7.11 Å². The van der Waals surface area contributed by atoms with Crippen LogP contribution in [-0.4, -0.2) is 31.8 Å². The van der Waals surface area contributed by atoms with Crippen molar-refractivity contribution in [2.75, 3.05) is 37.6 Å². The first-order valence-electron chi connectivity index (χ1n) is 5.88. The Hall–Kier alpha value is -0.870. The minimum absolute atomic E-state index is 0.747. The number of nitrogens with two attached hydrogens (primary N) is 1. The van der Waals surface area contributed by atoms with Gasteiger partial charge < -0.3 is 15.2 Å². The predicted molar refractivity (Wildman–Crippen MR) is 74.8 cm³/mol. The van der Waals surface area contributed by atoms with Crippen LogP contribution in [0.15, 0.2) is 24.3 Å². The second kappa shape index (κ2) is 9.19. The lowest BCUT2D eigenvalue weighted by atomic mass is 10.3. The van der Waals surface area contributed by atoms with Crippen molar-refractivity contribution in [1.82, 2.24) is 0 Å². The lowest BCUT2D eigenvalue weighted by molar-refractivity contribution is 0.200. The van der Waals surface area contributed by atoms with Crippen molar-refractivity contribution in [1.29, 1.82) is 0 Å². The summed E-state index contributed by atoms with van der Waals surface area (Å²) < 4.78 is 10.6. The van der Waals surface area contributed by atoms with E-state index in [0.717, 1.165) is 49.0 Å². The van der Waals surface area contributed by atoms with Crippen LogP contribution in [0.5, 0.6) is 5.75 Å². The SMILES string of the molecule is COCCCSCCCOc1cccc(N)c1. The molecule has 0 aliphatic heterocycles. The van der Waals surface area contributed by atoms with E-state index in [1.807, 2.05) is 36.0 Å². The number of nitrogen functional groups attached to an aromatic ring is 1. The molecule has 0 fully saturated rings. The quantitative estimate of drug-likeness (QED) is 0.544. The summed E-state index contributed by atoms with van der Waals surface area (Å²) in [4.78, 5) is 0. The summed E-state index contributed by atoms with van der Waals surface area (Å²) in [5.41, 5.74) is 6.41. The van der Waals surface area contributed by atoms with Crippen molar-refractivity contribution in [3.05, 3.63) is 24.3 Å². The van der Waals surface area contributed by atoms with Gasteiger partial charge in [-0.2, -0.15) is 11.8 Å². The molecule has 4 heteroatoms. The normalized spacial score (nSPS) is 10.4. The number of benzene rings is 1. The highest BCUT2D eigenvalue weighted by Gasteiger charge is 1.95. The lowest BCUT2D eigenvalue weighted by Gasteiger charge is -2.06. The summed E-state index contributed by atoms with van der Waals surface area (Å²) >= 11 is 1.95. The number of hydrogen-bond donors (Lipinski definition) is 1. The van der Waals surface area contributed by atoms with Gasteiger partial charge in [-0.15, -0.1) is 0 Å². The fourth-order valence-electron chi connectivity index (χ4n) is 1.36. The molecule has 96 valence electrons. The Kier molecular flexibility index (Phi) is 7.67. The van der Waals surface area contributed by atoms with E-state index >= 15 is 0 Å². The van der Waals surface area contributed by atoms with Gasteiger partial charge in [-0.05, 0) is 36.5 Å². The average Bonchev–Trinajstić information content (AvgIpc) is 2.33. The summed E-state index contributed by atoms with van der Waals surface area (Å²) in [6, 6.07) is 7.55. The highest BCUT2D eigenvalue weighted by atomic mass is 32.2. The average molecular weight is 255 g/mol. The van der Waals surface area contributed by atoms with Crippen molar-refractivity contribution >= 4 is 17.4 Å². The van der Waals surface area contributed by atoms with Gasteiger partial charge in [-0.3, -0.25) is 0 Å². The molecular formula is C13H21NO2S. The molecule has 1 aromatic carbocycles. The topological polar surface area (TPSA) is 44.5 Å². The van der Waals surface area contributed by atoms with Gasteiger partial charge in [0.2, 0.25) is 0 Å². The zero-order valence-electron chi connectivity index (χ0n) is 10.4. The van der Waals surface area contributed by atoms with Crippen molar-refractivity contribution in [3.8, 4) is 5.75 Å². The van der Waals surface area contributed by atoms with E-state index in [-0.39, 0.29) is 0 Å². The van der Waals surface area contributed by atoms with Gasteiger partial charge in [-0.1, -0.05) is 6.07 Å². The fraction of sp³-hybridized carbons (Fsp3) is 0.538. The molecule has 0 spiro atoms. The molecule has 3 nitrogen and oxygen atoms in total. The Balaban J connectivity index is 1.97. The van der Waals surface area contributed by atoms with E-state index < -0.39 is 0 Å². The van der Waals surface area contributed by atoms with Gasteiger partial charge in [0, 0.05) is 25.5 Å². The third-order valence-corrected chi connectivity index (χ3v) is 3.35. The zero-order chi connectivity index (χ0) is 12.3. The van der Waals surface area contributed by atoms with Gasteiger partial charge in [0.1, 0.15) is 5.75 Å². The van der Waals surface area contributed by atoms with E-state index in [2.05, 4.69) is 0 Å². The largest absolute Gasteiger partial charge is 0.493 e. The van der Waals surface area contributed by atoms with Gasteiger partial charge in [-0.25, -0.2) is 0 Å². The Morgan fingerprint density at radius 1 is 1.18 bits per heavy atom. The zero-order valence-corrected chi connectivity index (χ0v) is 11.2. The minimum atomic E-state index is 0.747. The number of hydrogen-bond acceptors (Lipinski definition) is 4. The molecule has 0 heterocycles. The fourth-order valence-corrected chi connectivity index (χ4v) is 2.21. The molecule has 0 saturated heterocycles. The van der Waals surface area contributed by atoms with Crippen LogP contribution in [0.3, 0.4) is 0 Å². The highest BCUT2D eigenvalue weighted by molar-refractivity contribution is 7.99. The van der Waals surface area contributed by atoms with E-state index in [1.165, 1.54) is 0 Å². The Morgan fingerprint density at radius 3 is 2.65 bits per heavy atom. The third-order valence-electron chi connectivity index (χ3n) is 2.20. The summed E-state index contributed by atoms with van der Waals surface area (Å²) in [5, 5.41) is 0. The first-order chi connectivity index (χ1) is 8.33. The van der Waals surface area contributed by atoms with E-state index in [0.29, 0.717) is 0 Å². The minimum Gasteiger partial charge on any atom is -0.493 e. The maximum absolute atomic E-state index is 5.66. The second-order valence-electron chi connectivity index (χ2n) is 3.73. The Bertz CT molecular complexity index is 307. The Labute approximate surface area is 108 Å². The van der Waals surface area contributed by atoms with Crippen LogP contribution in [0.25, 0.3) is 0 Å². The van der Waals surface area contributed by atoms with Crippen molar-refractivity contribution < 1.29 is 9.47 Å². The number of ether oxygens (including phenoxy) is 2. The molecule has 0 saturated carbocycles. The monoisotopic (exact) mass is 255 g/mol. The molecule has 1 aromatic rings. The number of anilines is 1. The summed E-state index contributed by atoms with van der Waals surface area (Å²) in [5.74, 6) is 3.15. The summed E-state index contributed by atoms with van der Waals surface area (Å²) in [7, 11) is 1.74. The lowest BCUT2D eigenvalue weighted by Crippen LogP contribution is -2.00. The standard InChI is InChI=1S/C13H21NO2S/c1-15-7-3-9-17-10-4-8-16-13-6-2-5-12(14)11-13/h2,5-6,11H,3-4,7-10,14H2,1H3. The molecule has 1 rings (SSSR count). The summed E-state index contributed by atoms with van der Waals surface area (Å²) in [6.45, 7) is 1.60. The molecule has 0 aliphatic rings. The molecule has 0 unspecified atom stereocenters. The third kappa shape index (κ3) is 7.13. The van der Waals surface area contributed by atoms with Crippen molar-refractivity contribution in [2.24, 2.45) is 0 Å². The summed E-state index contributed by atoms with van der Waals surface area (Å²) in [6.07, 6.45) is 2.18. The van der Waals surface area contributed by atoms with Crippen LogP contribution < -0.4 is 10.5 Å². The molecule has 0 atom stereocenters. The van der Waals surface area contributed by atoms with Crippen LogP contribution in [0.1, 0.15) is 12.8 Å². The molecule has 0 amide bonds. The number of rotatable bonds is 9. The van der Waals surface area contributed by atoms with Crippen molar-refractivity contribution in [3.63, 3.8) is 0 Å². The second-order valence-corrected chi connectivity index (χ2v) is 4.96. The van der Waals surface area contributed by atoms with Gasteiger partial charge in [0.15, 0.2) is 0 Å². The molecule has 2 N–H and O–H groups in total. The molecule has 0 radical (unpaired) electrons. The van der Waals surface area contributed by atoms with Crippen LogP contribution >= 0.6 is 11.8 Å². The maximum atomic E-state index is 5.66. The predicted octanol–water partition coefficient (Wildman–Crippen LogP) is 2.81. The van der Waals surface area contributed by atoms with E-state index in [9.17, 15) is 0 Å². The first-order valence-corrected chi connectivity index (χ1v) is 7.03. The smallest absolute Gasteiger partial charge is 0.121 e. The van der Waals surface area contributed by atoms with Gasteiger partial charge in [0.25, 0.3) is 0 Å². The maximum Gasteiger partial charge on any atom is 0.121 e. The Morgan fingerprint density at radius 2 is 1.94 bits per heavy atom. The molecular weight excluding hydrogens is 234 g/mol. The van der Waals surface area contributed by atoms with Gasteiger partial charge in [0.05, 0.1) is 6.61 Å². The van der Waals surface area contributed by atoms with Gasteiger partial charge >= 0.3 is 0 Å². The number of methoxy groups -OCH3 is 1. The molecule has 17 heavy (non-hydrogen) atoms. The number of thioether (sulfide) groups is 1. The van der Waals surface area contributed by atoms with Crippen LogP contribution in [0.4, 0.5) is 5.69 Å². The van der Waals surface area contributed by atoms with Crippen LogP contribution in [0, 0.1) is 0 Å². The highest BCUT2D eigenvalue weighted by Crippen LogP contribution is 2.15.